The zero-order valence-electron chi connectivity index (χ0n) is 14.3. The van der Waals surface area contributed by atoms with Gasteiger partial charge in [0.1, 0.15) is 5.75 Å². The molecule has 2 aromatic rings. The Balaban J connectivity index is 2.12. The molecule has 126 valence electrons. The molecule has 0 bridgehead atoms. The SMILES string of the molecule is COc1ccc2c(c1)C(=C(F)F)C([Si](C)(C)c1ccccc1)CC2. The van der Waals surface area contributed by atoms with Crippen molar-refractivity contribution in [3.63, 3.8) is 0 Å². The van der Waals surface area contributed by atoms with Gasteiger partial charge in [0, 0.05) is 5.57 Å². The van der Waals surface area contributed by atoms with Crippen molar-refractivity contribution < 1.29 is 13.5 Å². The summed E-state index contributed by atoms with van der Waals surface area (Å²) in [5.41, 5.74) is 1.80. The lowest BCUT2D eigenvalue weighted by Crippen LogP contribution is -2.47. The fourth-order valence-corrected chi connectivity index (χ4v) is 7.11. The molecule has 0 aromatic heterocycles. The monoisotopic (exact) mass is 344 g/mol. The number of halogens is 2. The fourth-order valence-electron chi connectivity index (χ4n) is 3.81. The largest absolute Gasteiger partial charge is 0.497 e. The van der Waals surface area contributed by atoms with E-state index >= 15 is 0 Å². The third-order valence-corrected chi connectivity index (χ3v) is 9.39. The highest BCUT2D eigenvalue weighted by atomic mass is 28.3. The standard InChI is InChI=1S/C20H22F2OSi/c1-23-15-11-9-14-10-12-18(19(20(21)22)17(14)13-15)24(2,3)16-7-5-4-6-8-16/h4-9,11,13,18H,10,12H2,1-3H3. The molecule has 3 rings (SSSR count). The minimum Gasteiger partial charge on any atom is -0.497 e. The first-order valence-electron chi connectivity index (χ1n) is 8.23. The van der Waals surface area contributed by atoms with Crippen molar-refractivity contribution in [3.8, 4) is 5.75 Å². The normalized spacial score (nSPS) is 17.4. The van der Waals surface area contributed by atoms with Crippen molar-refractivity contribution in [1.29, 1.82) is 0 Å². The third kappa shape index (κ3) is 2.91. The molecule has 24 heavy (non-hydrogen) atoms. The molecule has 1 aliphatic rings. The Bertz CT molecular complexity index is 764. The van der Waals surface area contributed by atoms with Crippen LogP contribution in [0, 0.1) is 0 Å². The number of allylic oxidation sites excluding steroid dienone is 1. The van der Waals surface area contributed by atoms with Crippen LogP contribution in [0.5, 0.6) is 5.75 Å². The van der Waals surface area contributed by atoms with Crippen molar-refractivity contribution in [1.82, 2.24) is 0 Å². The highest BCUT2D eigenvalue weighted by molar-refractivity contribution is 6.92. The molecule has 0 radical (unpaired) electrons. The lowest BCUT2D eigenvalue weighted by atomic mass is 9.87. The Morgan fingerprint density at radius 1 is 1.08 bits per heavy atom. The lowest BCUT2D eigenvalue weighted by Gasteiger charge is -2.38. The second-order valence-electron chi connectivity index (χ2n) is 6.88. The van der Waals surface area contributed by atoms with Gasteiger partial charge in [0.05, 0.1) is 15.2 Å². The van der Waals surface area contributed by atoms with Gasteiger partial charge >= 0.3 is 0 Å². The van der Waals surface area contributed by atoms with Crippen LogP contribution < -0.4 is 9.92 Å². The molecule has 4 heteroatoms. The number of ether oxygens (including phenoxy) is 1. The van der Waals surface area contributed by atoms with Gasteiger partial charge in [-0.3, -0.25) is 0 Å². The van der Waals surface area contributed by atoms with Crippen LogP contribution in [0.15, 0.2) is 54.6 Å². The summed E-state index contributed by atoms with van der Waals surface area (Å²) in [6.07, 6.45) is 0.0650. The first-order valence-corrected chi connectivity index (χ1v) is 11.3. The van der Waals surface area contributed by atoms with Crippen LogP contribution in [0.4, 0.5) is 8.78 Å². The van der Waals surface area contributed by atoms with E-state index in [-0.39, 0.29) is 11.1 Å². The molecule has 2 aromatic carbocycles. The summed E-state index contributed by atoms with van der Waals surface area (Å²) in [5, 5.41) is 1.22. The molecule has 0 spiro atoms. The average Bonchev–Trinajstić information content (AvgIpc) is 2.60. The van der Waals surface area contributed by atoms with E-state index in [0.717, 1.165) is 18.4 Å². The number of rotatable bonds is 3. The maximum absolute atomic E-state index is 14.0. The summed E-state index contributed by atoms with van der Waals surface area (Å²) < 4.78 is 33.2. The molecular formula is C20H22F2OSi. The Labute approximate surface area is 143 Å². The molecule has 1 unspecified atom stereocenters. The van der Waals surface area contributed by atoms with Gasteiger partial charge in [-0.25, -0.2) is 0 Å². The third-order valence-electron chi connectivity index (χ3n) is 5.25. The van der Waals surface area contributed by atoms with Crippen molar-refractivity contribution in [2.45, 2.75) is 31.5 Å². The smallest absolute Gasteiger partial charge is 0.274 e. The van der Waals surface area contributed by atoms with Crippen molar-refractivity contribution in [2.75, 3.05) is 7.11 Å². The average molecular weight is 344 g/mol. The van der Waals surface area contributed by atoms with Crippen LogP contribution in [-0.2, 0) is 6.42 Å². The fraction of sp³-hybridized carbons (Fsp3) is 0.300. The van der Waals surface area contributed by atoms with Crippen molar-refractivity contribution >= 4 is 18.8 Å². The van der Waals surface area contributed by atoms with Crippen LogP contribution in [0.3, 0.4) is 0 Å². The molecule has 0 heterocycles. The van der Waals surface area contributed by atoms with E-state index in [9.17, 15) is 8.78 Å². The summed E-state index contributed by atoms with van der Waals surface area (Å²) in [6.45, 7) is 4.39. The first kappa shape index (κ1) is 16.9. The van der Waals surface area contributed by atoms with Gasteiger partial charge < -0.3 is 4.74 Å². The maximum atomic E-state index is 14.0. The van der Waals surface area contributed by atoms with Crippen molar-refractivity contribution in [3.05, 3.63) is 65.7 Å². The van der Waals surface area contributed by atoms with Gasteiger partial charge in [0.2, 0.25) is 0 Å². The zero-order valence-corrected chi connectivity index (χ0v) is 15.3. The molecule has 0 aliphatic heterocycles. The Morgan fingerprint density at radius 3 is 2.42 bits per heavy atom. The Kier molecular flexibility index (Phi) is 4.59. The van der Waals surface area contributed by atoms with Gasteiger partial charge in [-0.05, 0) is 41.6 Å². The van der Waals surface area contributed by atoms with E-state index in [1.807, 2.05) is 30.3 Å². The molecule has 0 amide bonds. The summed E-state index contributed by atoms with van der Waals surface area (Å²) in [6, 6.07) is 15.7. The predicted molar refractivity (Wildman–Crippen MR) is 97.8 cm³/mol. The van der Waals surface area contributed by atoms with Crippen LogP contribution >= 0.6 is 0 Å². The van der Waals surface area contributed by atoms with Gasteiger partial charge in [-0.2, -0.15) is 8.78 Å². The molecule has 1 atom stereocenters. The van der Waals surface area contributed by atoms with Gasteiger partial charge in [-0.1, -0.05) is 54.7 Å². The molecule has 1 nitrogen and oxygen atoms in total. The zero-order chi connectivity index (χ0) is 17.3. The Hall–Kier alpha value is -1.94. The second kappa shape index (κ2) is 6.52. The number of aryl methyl sites for hydroxylation is 1. The summed E-state index contributed by atoms with van der Waals surface area (Å²) in [4.78, 5) is 0. The molecule has 0 fully saturated rings. The summed E-state index contributed by atoms with van der Waals surface area (Å²) in [7, 11) is -0.510. The van der Waals surface area contributed by atoms with E-state index in [1.165, 1.54) is 5.19 Å². The van der Waals surface area contributed by atoms with E-state index in [1.54, 1.807) is 13.2 Å². The van der Waals surface area contributed by atoms with Crippen LogP contribution in [0.2, 0.25) is 18.6 Å². The summed E-state index contributed by atoms with van der Waals surface area (Å²) in [5.74, 6) is 0.632. The second-order valence-corrected chi connectivity index (χ2v) is 11.6. The molecule has 1 aliphatic carbocycles. The topological polar surface area (TPSA) is 9.23 Å². The number of fused-ring (bicyclic) bond motifs is 1. The first-order chi connectivity index (χ1) is 11.4. The molecular weight excluding hydrogens is 322 g/mol. The molecule has 0 saturated carbocycles. The van der Waals surface area contributed by atoms with Crippen LogP contribution in [-0.4, -0.2) is 15.2 Å². The number of hydrogen-bond acceptors (Lipinski definition) is 1. The van der Waals surface area contributed by atoms with Crippen LogP contribution in [0.25, 0.3) is 5.57 Å². The highest BCUT2D eigenvalue weighted by Crippen LogP contribution is 2.47. The quantitative estimate of drug-likeness (QED) is 0.692. The molecule has 0 saturated heterocycles. The minimum absolute atomic E-state index is 0.0930. The maximum Gasteiger partial charge on any atom is 0.274 e. The molecule has 0 N–H and O–H groups in total. The van der Waals surface area contributed by atoms with Crippen molar-refractivity contribution in [2.24, 2.45) is 0 Å². The Morgan fingerprint density at radius 2 is 1.79 bits per heavy atom. The number of methoxy groups -OCH3 is 1. The minimum atomic E-state index is -2.08. The summed E-state index contributed by atoms with van der Waals surface area (Å²) >= 11 is 0. The predicted octanol–water partition coefficient (Wildman–Crippen LogP) is 5.23. The van der Waals surface area contributed by atoms with Gasteiger partial charge in [-0.15, -0.1) is 0 Å². The highest BCUT2D eigenvalue weighted by Gasteiger charge is 2.41. The van der Waals surface area contributed by atoms with E-state index in [2.05, 4.69) is 25.2 Å². The van der Waals surface area contributed by atoms with Gasteiger partial charge in [0.25, 0.3) is 6.08 Å². The van der Waals surface area contributed by atoms with E-state index in [0.29, 0.717) is 11.3 Å². The number of hydrogen-bond donors (Lipinski definition) is 0. The van der Waals surface area contributed by atoms with E-state index < -0.39 is 14.2 Å². The lowest BCUT2D eigenvalue weighted by molar-refractivity contribution is 0.413. The van der Waals surface area contributed by atoms with Gasteiger partial charge in [0.15, 0.2) is 0 Å². The number of benzene rings is 2. The van der Waals surface area contributed by atoms with Crippen LogP contribution in [0.1, 0.15) is 17.5 Å². The van der Waals surface area contributed by atoms with E-state index in [4.69, 9.17) is 4.74 Å².